The number of nitrogens with zero attached hydrogens (tertiary/aromatic N) is 1. The maximum Gasteiger partial charge on any atom is 0.0722 e. The molecule has 0 aliphatic carbocycles. The highest BCUT2D eigenvalue weighted by Crippen LogP contribution is 2.26. The molecule has 0 amide bonds. The molecule has 0 aromatic heterocycles. The zero-order valence-corrected chi connectivity index (χ0v) is 13.6. The second-order valence-electron chi connectivity index (χ2n) is 7.44. The van der Waals surface area contributed by atoms with E-state index in [4.69, 9.17) is 0 Å². The summed E-state index contributed by atoms with van der Waals surface area (Å²) < 4.78 is 0. The Hall–Kier alpha value is -0.0831. The standard InChI is InChI=1S/C14H31NSi/c1-10-16(8,9)12-11-15(13(2,3)4)14(5,6)7/h10H,1,11-12H2,2-9H3. The number of hydrogen-bond donors (Lipinski definition) is 0. The molecule has 0 saturated heterocycles. The molecule has 96 valence electrons. The van der Waals surface area contributed by atoms with Crippen molar-refractivity contribution in [3.8, 4) is 0 Å². The van der Waals surface area contributed by atoms with Crippen molar-refractivity contribution in [1.29, 1.82) is 0 Å². The monoisotopic (exact) mass is 241 g/mol. The van der Waals surface area contributed by atoms with Crippen LogP contribution in [0.4, 0.5) is 0 Å². The first-order valence-electron chi connectivity index (χ1n) is 6.31. The molecule has 16 heavy (non-hydrogen) atoms. The predicted octanol–water partition coefficient (Wildman–Crippen LogP) is 4.32. The van der Waals surface area contributed by atoms with Gasteiger partial charge in [0.2, 0.25) is 0 Å². The van der Waals surface area contributed by atoms with Crippen LogP contribution < -0.4 is 0 Å². The Morgan fingerprint density at radius 2 is 1.38 bits per heavy atom. The minimum Gasteiger partial charge on any atom is -0.294 e. The predicted molar refractivity (Wildman–Crippen MR) is 78.7 cm³/mol. The third kappa shape index (κ3) is 5.31. The highest BCUT2D eigenvalue weighted by atomic mass is 28.3. The largest absolute Gasteiger partial charge is 0.294 e. The van der Waals surface area contributed by atoms with Gasteiger partial charge in [-0.15, -0.1) is 12.3 Å². The normalized spacial score (nSPS) is 14.3. The van der Waals surface area contributed by atoms with E-state index in [-0.39, 0.29) is 11.1 Å². The van der Waals surface area contributed by atoms with Crippen molar-refractivity contribution in [3.63, 3.8) is 0 Å². The summed E-state index contributed by atoms with van der Waals surface area (Å²) >= 11 is 0. The summed E-state index contributed by atoms with van der Waals surface area (Å²) in [5, 5.41) is 0. The summed E-state index contributed by atoms with van der Waals surface area (Å²) in [7, 11) is -1.18. The van der Waals surface area contributed by atoms with Gasteiger partial charge >= 0.3 is 0 Å². The second kappa shape index (κ2) is 5.05. The van der Waals surface area contributed by atoms with Crippen molar-refractivity contribution in [3.05, 3.63) is 12.3 Å². The number of hydrogen-bond acceptors (Lipinski definition) is 1. The van der Waals surface area contributed by atoms with Gasteiger partial charge in [-0.2, -0.15) is 0 Å². The van der Waals surface area contributed by atoms with Gasteiger partial charge in [0.15, 0.2) is 0 Å². The Morgan fingerprint density at radius 1 is 1.00 bits per heavy atom. The van der Waals surface area contributed by atoms with E-state index in [1.54, 1.807) is 0 Å². The molecule has 0 unspecified atom stereocenters. The fourth-order valence-electron chi connectivity index (χ4n) is 2.18. The minimum atomic E-state index is -1.18. The topological polar surface area (TPSA) is 3.24 Å². The quantitative estimate of drug-likeness (QED) is 0.663. The first-order chi connectivity index (χ1) is 6.90. The molecule has 2 heteroatoms. The summed E-state index contributed by atoms with van der Waals surface area (Å²) in [6.45, 7) is 23.8. The zero-order chi connectivity index (χ0) is 13.2. The Labute approximate surface area is 104 Å². The molecule has 0 fully saturated rings. The Balaban J connectivity index is 4.67. The summed E-state index contributed by atoms with van der Waals surface area (Å²) in [6.07, 6.45) is 0. The van der Waals surface area contributed by atoms with Crippen molar-refractivity contribution < 1.29 is 0 Å². The lowest BCUT2D eigenvalue weighted by Crippen LogP contribution is -2.53. The summed E-state index contributed by atoms with van der Waals surface area (Å²) in [5.74, 6) is 0. The average molecular weight is 241 g/mol. The van der Waals surface area contributed by atoms with E-state index in [2.05, 4.69) is 71.8 Å². The first-order valence-corrected chi connectivity index (χ1v) is 9.60. The SMILES string of the molecule is C=C[Si](C)(C)CCN(C(C)(C)C)C(C)(C)C. The lowest BCUT2D eigenvalue weighted by Gasteiger charge is -2.46. The molecule has 0 saturated carbocycles. The van der Waals surface area contributed by atoms with Crippen LogP contribution in [0.5, 0.6) is 0 Å². The lowest BCUT2D eigenvalue weighted by molar-refractivity contribution is 0.0444. The van der Waals surface area contributed by atoms with Crippen LogP contribution in [0.15, 0.2) is 12.3 Å². The summed E-state index contributed by atoms with van der Waals surface area (Å²) in [5.41, 5.74) is 2.68. The van der Waals surface area contributed by atoms with Crippen molar-refractivity contribution >= 4 is 8.07 Å². The van der Waals surface area contributed by atoms with Crippen LogP contribution >= 0.6 is 0 Å². The average Bonchev–Trinajstić information content (AvgIpc) is 1.99. The van der Waals surface area contributed by atoms with Gasteiger partial charge in [0.05, 0.1) is 8.07 Å². The van der Waals surface area contributed by atoms with Crippen LogP contribution in [-0.2, 0) is 0 Å². The molecule has 0 bridgehead atoms. The van der Waals surface area contributed by atoms with Crippen LogP contribution in [-0.4, -0.2) is 30.6 Å². The van der Waals surface area contributed by atoms with E-state index in [1.165, 1.54) is 12.6 Å². The van der Waals surface area contributed by atoms with E-state index in [0.717, 1.165) is 0 Å². The summed E-state index contributed by atoms with van der Waals surface area (Å²) in [4.78, 5) is 2.61. The van der Waals surface area contributed by atoms with E-state index < -0.39 is 8.07 Å². The van der Waals surface area contributed by atoms with Crippen molar-refractivity contribution in [2.75, 3.05) is 6.54 Å². The summed E-state index contributed by atoms with van der Waals surface area (Å²) in [6, 6.07) is 1.30. The fraction of sp³-hybridized carbons (Fsp3) is 0.857. The van der Waals surface area contributed by atoms with Crippen molar-refractivity contribution in [2.24, 2.45) is 0 Å². The molecule has 0 aliphatic heterocycles. The van der Waals surface area contributed by atoms with Crippen molar-refractivity contribution in [2.45, 2.75) is 71.8 Å². The van der Waals surface area contributed by atoms with Crippen molar-refractivity contribution in [1.82, 2.24) is 4.90 Å². The Morgan fingerprint density at radius 3 is 1.62 bits per heavy atom. The minimum absolute atomic E-state index is 0.240. The molecule has 0 atom stereocenters. The molecular formula is C14H31NSi. The fourth-order valence-corrected chi connectivity index (χ4v) is 3.18. The highest BCUT2D eigenvalue weighted by molar-refractivity contribution is 6.82. The molecular weight excluding hydrogens is 210 g/mol. The molecule has 0 N–H and O–H groups in total. The molecule has 0 spiro atoms. The molecule has 0 aromatic carbocycles. The lowest BCUT2D eigenvalue weighted by atomic mass is 9.96. The Bertz CT molecular complexity index is 216. The van der Waals surface area contributed by atoms with Gasteiger partial charge in [0.1, 0.15) is 0 Å². The van der Waals surface area contributed by atoms with E-state index in [0.29, 0.717) is 0 Å². The molecule has 0 aliphatic rings. The molecule has 0 aromatic rings. The van der Waals surface area contributed by atoms with Crippen LogP contribution in [0.1, 0.15) is 41.5 Å². The van der Waals surface area contributed by atoms with Crippen LogP contribution in [0.3, 0.4) is 0 Å². The first kappa shape index (κ1) is 15.9. The smallest absolute Gasteiger partial charge is 0.0722 e. The Kier molecular flexibility index (Phi) is 5.02. The third-order valence-corrected chi connectivity index (χ3v) is 5.77. The van der Waals surface area contributed by atoms with Gasteiger partial charge in [0, 0.05) is 11.1 Å². The maximum atomic E-state index is 3.98. The van der Waals surface area contributed by atoms with E-state index in [1.807, 2.05) is 0 Å². The van der Waals surface area contributed by atoms with Crippen LogP contribution in [0.25, 0.3) is 0 Å². The molecule has 0 heterocycles. The molecule has 1 nitrogen and oxygen atoms in total. The molecule has 0 rings (SSSR count). The van der Waals surface area contributed by atoms with Gasteiger partial charge in [0.25, 0.3) is 0 Å². The molecule has 0 radical (unpaired) electrons. The third-order valence-electron chi connectivity index (χ3n) is 3.15. The van der Waals surface area contributed by atoms with E-state index >= 15 is 0 Å². The van der Waals surface area contributed by atoms with Gasteiger partial charge in [-0.3, -0.25) is 4.90 Å². The van der Waals surface area contributed by atoms with E-state index in [9.17, 15) is 0 Å². The van der Waals surface area contributed by atoms with Gasteiger partial charge in [-0.1, -0.05) is 13.1 Å². The van der Waals surface area contributed by atoms with Gasteiger partial charge in [-0.05, 0) is 54.1 Å². The maximum absolute atomic E-state index is 3.98. The highest BCUT2D eigenvalue weighted by Gasteiger charge is 2.32. The number of rotatable bonds is 4. The second-order valence-corrected chi connectivity index (χ2v) is 12.3. The van der Waals surface area contributed by atoms with Gasteiger partial charge in [-0.25, -0.2) is 0 Å². The van der Waals surface area contributed by atoms with Crippen LogP contribution in [0, 0.1) is 0 Å². The van der Waals surface area contributed by atoms with Crippen LogP contribution in [0.2, 0.25) is 19.1 Å². The van der Waals surface area contributed by atoms with Gasteiger partial charge < -0.3 is 0 Å². The zero-order valence-electron chi connectivity index (χ0n) is 12.6.